The number of benzene rings is 1. The maximum absolute atomic E-state index is 13.3. The Morgan fingerprint density at radius 3 is 2.43 bits per heavy atom. The van der Waals surface area contributed by atoms with E-state index in [1.165, 1.54) is 12.1 Å². The van der Waals surface area contributed by atoms with E-state index >= 15 is 0 Å². The Morgan fingerprint density at radius 1 is 1.14 bits per heavy atom. The van der Waals surface area contributed by atoms with Crippen molar-refractivity contribution in [2.45, 2.75) is 39.5 Å². The molecule has 0 bridgehead atoms. The molecule has 0 unspecified atom stereocenters. The zero-order chi connectivity index (χ0) is 19.8. The normalized spacial score (nSPS) is 15.2. The van der Waals surface area contributed by atoms with E-state index in [4.69, 9.17) is 4.52 Å². The predicted octanol–water partition coefficient (Wildman–Crippen LogP) is 3.94. The van der Waals surface area contributed by atoms with Crippen LogP contribution in [0.1, 0.15) is 52.2 Å². The Kier molecular flexibility index (Phi) is 4.75. The van der Waals surface area contributed by atoms with Gasteiger partial charge in [0.2, 0.25) is 5.89 Å². The Labute approximate surface area is 163 Å². The van der Waals surface area contributed by atoms with Crippen molar-refractivity contribution in [1.82, 2.24) is 19.6 Å². The molecule has 3 aromatic rings. The molecule has 7 heteroatoms. The van der Waals surface area contributed by atoms with Gasteiger partial charge >= 0.3 is 0 Å². The number of hydrogen-bond acceptors (Lipinski definition) is 4. The lowest BCUT2D eigenvalue weighted by Crippen LogP contribution is -2.38. The van der Waals surface area contributed by atoms with Gasteiger partial charge in [0.15, 0.2) is 5.82 Å². The minimum absolute atomic E-state index is 0.0293. The molecule has 1 aliphatic heterocycles. The molecule has 6 nitrogen and oxygen atoms in total. The summed E-state index contributed by atoms with van der Waals surface area (Å²) in [5.74, 6) is 1.26. The molecule has 0 saturated carbocycles. The van der Waals surface area contributed by atoms with Crippen LogP contribution in [0.25, 0.3) is 5.69 Å². The second kappa shape index (κ2) is 7.22. The first kappa shape index (κ1) is 18.4. The monoisotopic (exact) mass is 382 g/mol. The van der Waals surface area contributed by atoms with Gasteiger partial charge in [0, 0.05) is 36.1 Å². The lowest BCUT2D eigenvalue weighted by molar-refractivity contribution is 0.0704. The number of carbonyl (C=O) groups is 1. The molecular formula is C21H23FN4O2. The minimum atomic E-state index is -0.276. The highest BCUT2D eigenvalue weighted by Gasteiger charge is 2.29. The van der Waals surface area contributed by atoms with Gasteiger partial charge in [-0.2, -0.15) is 4.98 Å². The van der Waals surface area contributed by atoms with Gasteiger partial charge < -0.3 is 14.0 Å². The average molecular weight is 382 g/mol. The summed E-state index contributed by atoms with van der Waals surface area (Å²) >= 11 is 0. The molecule has 0 N–H and O–H groups in total. The first-order chi connectivity index (χ1) is 13.4. The van der Waals surface area contributed by atoms with Crippen molar-refractivity contribution < 1.29 is 13.7 Å². The highest BCUT2D eigenvalue weighted by Crippen LogP contribution is 2.29. The molecule has 28 heavy (non-hydrogen) atoms. The third-order valence-electron chi connectivity index (χ3n) is 5.42. The van der Waals surface area contributed by atoms with Gasteiger partial charge in [0.1, 0.15) is 5.82 Å². The van der Waals surface area contributed by atoms with Crippen LogP contribution in [0.3, 0.4) is 0 Å². The Bertz CT molecular complexity index is 998. The van der Waals surface area contributed by atoms with Crippen molar-refractivity contribution in [2.75, 3.05) is 13.1 Å². The molecule has 0 spiro atoms. The quantitative estimate of drug-likeness (QED) is 0.688. The van der Waals surface area contributed by atoms with Gasteiger partial charge in [-0.3, -0.25) is 4.79 Å². The summed E-state index contributed by atoms with van der Waals surface area (Å²) in [5.41, 5.74) is 3.35. The number of aryl methyl sites for hydroxylation is 2. The van der Waals surface area contributed by atoms with E-state index in [0.717, 1.165) is 29.9 Å². The summed E-state index contributed by atoms with van der Waals surface area (Å²) in [5, 5.41) is 3.86. The molecule has 3 heterocycles. The van der Waals surface area contributed by atoms with Gasteiger partial charge in [-0.1, -0.05) is 5.16 Å². The summed E-state index contributed by atoms with van der Waals surface area (Å²) in [6.45, 7) is 7.01. The third kappa shape index (κ3) is 3.32. The van der Waals surface area contributed by atoms with Crippen LogP contribution >= 0.6 is 0 Å². The smallest absolute Gasteiger partial charge is 0.255 e. The van der Waals surface area contributed by atoms with Crippen molar-refractivity contribution in [2.24, 2.45) is 0 Å². The van der Waals surface area contributed by atoms with Crippen LogP contribution in [0.15, 0.2) is 34.9 Å². The number of amides is 1. The number of carbonyl (C=O) groups excluding carboxylic acids is 1. The van der Waals surface area contributed by atoms with Gasteiger partial charge in [-0.25, -0.2) is 4.39 Å². The SMILES string of the molecule is Cc1noc(C2CCN(C(=O)c3cc(C)n(-c4ccc(F)cc4)c3C)CC2)n1. The van der Waals surface area contributed by atoms with Crippen molar-refractivity contribution in [3.63, 3.8) is 0 Å². The van der Waals surface area contributed by atoms with Gasteiger partial charge in [-0.15, -0.1) is 0 Å². The molecule has 0 radical (unpaired) electrons. The lowest BCUT2D eigenvalue weighted by Gasteiger charge is -2.30. The van der Waals surface area contributed by atoms with Crippen molar-refractivity contribution in [3.8, 4) is 5.69 Å². The Hall–Kier alpha value is -2.96. The molecule has 1 fully saturated rings. The molecule has 4 rings (SSSR count). The summed E-state index contributed by atoms with van der Waals surface area (Å²) in [6, 6.07) is 8.22. The fourth-order valence-corrected chi connectivity index (χ4v) is 3.95. The second-order valence-electron chi connectivity index (χ2n) is 7.34. The number of likely N-dealkylation sites (tertiary alicyclic amines) is 1. The number of rotatable bonds is 3. The fraction of sp³-hybridized carbons (Fsp3) is 0.381. The zero-order valence-electron chi connectivity index (χ0n) is 16.3. The first-order valence-corrected chi connectivity index (χ1v) is 9.48. The van der Waals surface area contributed by atoms with E-state index in [-0.39, 0.29) is 17.6 Å². The van der Waals surface area contributed by atoms with Crippen LogP contribution in [-0.2, 0) is 0 Å². The molecule has 1 aromatic carbocycles. The first-order valence-electron chi connectivity index (χ1n) is 9.48. The molecule has 2 aromatic heterocycles. The molecule has 0 aliphatic carbocycles. The topological polar surface area (TPSA) is 64.2 Å². The largest absolute Gasteiger partial charge is 0.339 e. The Balaban J connectivity index is 1.51. The highest BCUT2D eigenvalue weighted by molar-refractivity contribution is 5.96. The summed E-state index contributed by atoms with van der Waals surface area (Å²) in [7, 11) is 0. The number of piperidine rings is 1. The summed E-state index contributed by atoms with van der Waals surface area (Å²) < 4.78 is 20.5. The van der Waals surface area contributed by atoms with Crippen LogP contribution in [0, 0.1) is 26.6 Å². The van der Waals surface area contributed by atoms with Gasteiger partial charge in [0.05, 0.1) is 5.56 Å². The standard InChI is InChI=1S/C21H23FN4O2/c1-13-12-19(14(2)26(13)18-6-4-17(22)5-7-18)21(27)25-10-8-16(9-11-25)20-23-15(3)24-28-20/h4-7,12,16H,8-11H2,1-3H3. The molecule has 0 atom stereocenters. The van der Waals surface area contributed by atoms with Gasteiger partial charge in [-0.05, 0) is 63.9 Å². The van der Waals surface area contributed by atoms with E-state index in [9.17, 15) is 9.18 Å². The van der Waals surface area contributed by atoms with Crippen molar-refractivity contribution in [1.29, 1.82) is 0 Å². The van der Waals surface area contributed by atoms with E-state index in [1.807, 2.05) is 36.3 Å². The average Bonchev–Trinajstić information content (AvgIpc) is 3.25. The minimum Gasteiger partial charge on any atom is -0.339 e. The fourth-order valence-electron chi connectivity index (χ4n) is 3.95. The van der Waals surface area contributed by atoms with Crippen LogP contribution in [0.5, 0.6) is 0 Å². The lowest BCUT2D eigenvalue weighted by atomic mass is 9.96. The van der Waals surface area contributed by atoms with E-state index in [2.05, 4.69) is 10.1 Å². The predicted molar refractivity (Wildman–Crippen MR) is 102 cm³/mol. The van der Waals surface area contributed by atoms with E-state index in [1.54, 1.807) is 12.1 Å². The molecule has 1 amide bonds. The van der Waals surface area contributed by atoms with Crippen LogP contribution < -0.4 is 0 Å². The van der Waals surface area contributed by atoms with Crippen molar-refractivity contribution in [3.05, 3.63) is 64.8 Å². The number of halogens is 1. The number of hydrogen-bond donors (Lipinski definition) is 0. The number of aromatic nitrogens is 3. The zero-order valence-corrected chi connectivity index (χ0v) is 16.3. The highest BCUT2D eigenvalue weighted by atomic mass is 19.1. The van der Waals surface area contributed by atoms with Gasteiger partial charge in [0.25, 0.3) is 5.91 Å². The molecule has 1 saturated heterocycles. The van der Waals surface area contributed by atoms with Crippen LogP contribution in [0.2, 0.25) is 0 Å². The maximum Gasteiger partial charge on any atom is 0.255 e. The summed E-state index contributed by atoms with van der Waals surface area (Å²) in [6.07, 6.45) is 1.62. The molecular weight excluding hydrogens is 359 g/mol. The third-order valence-corrected chi connectivity index (χ3v) is 5.42. The van der Waals surface area contributed by atoms with E-state index < -0.39 is 0 Å². The van der Waals surface area contributed by atoms with E-state index in [0.29, 0.717) is 30.4 Å². The van der Waals surface area contributed by atoms with Crippen LogP contribution in [-0.4, -0.2) is 38.6 Å². The Morgan fingerprint density at radius 2 is 1.82 bits per heavy atom. The van der Waals surface area contributed by atoms with Crippen molar-refractivity contribution >= 4 is 5.91 Å². The van der Waals surface area contributed by atoms with Crippen LogP contribution in [0.4, 0.5) is 4.39 Å². The second-order valence-corrected chi connectivity index (χ2v) is 7.34. The number of nitrogens with zero attached hydrogens (tertiary/aromatic N) is 4. The summed E-state index contributed by atoms with van der Waals surface area (Å²) in [4.78, 5) is 19.3. The maximum atomic E-state index is 13.3. The molecule has 1 aliphatic rings. The molecule has 146 valence electrons.